The highest BCUT2D eigenvalue weighted by molar-refractivity contribution is 6.21. The Kier molecular flexibility index (Phi) is 3.34. The molecule has 1 saturated heterocycles. The van der Waals surface area contributed by atoms with Crippen molar-refractivity contribution in [2.24, 2.45) is 0 Å². The molecular formula is C15H17N2O2. The molecular weight excluding hydrogens is 240 g/mol. The zero-order chi connectivity index (χ0) is 13.2. The molecule has 19 heavy (non-hydrogen) atoms. The number of hydrogen-bond donors (Lipinski definition) is 0. The molecule has 2 aliphatic rings. The Labute approximate surface area is 113 Å². The van der Waals surface area contributed by atoms with Gasteiger partial charge in [0.05, 0.1) is 11.1 Å². The summed E-state index contributed by atoms with van der Waals surface area (Å²) in [6, 6.07) is 7.05. The second kappa shape index (κ2) is 5.13. The molecule has 0 bridgehead atoms. The smallest absolute Gasteiger partial charge is 0.261 e. The van der Waals surface area contributed by atoms with Gasteiger partial charge in [-0.25, -0.2) is 0 Å². The molecule has 1 aromatic rings. The molecule has 0 unspecified atom stereocenters. The van der Waals surface area contributed by atoms with Gasteiger partial charge in [-0.2, -0.15) is 0 Å². The molecule has 1 aromatic carbocycles. The number of imide groups is 1. The molecule has 3 rings (SSSR count). The molecule has 2 amide bonds. The first kappa shape index (κ1) is 12.4. The summed E-state index contributed by atoms with van der Waals surface area (Å²) >= 11 is 0. The molecule has 2 heterocycles. The fraction of sp³-hybridized carbons (Fsp3) is 0.400. The Morgan fingerprint density at radius 2 is 1.68 bits per heavy atom. The van der Waals surface area contributed by atoms with E-state index >= 15 is 0 Å². The fourth-order valence-electron chi connectivity index (χ4n) is 2.74. The van der Waals surface area contributed by atoms with Crippen LogP contribution in [0.4, 0.5) is 0 Å². The summed E-state index contributed by atoms with van der Waals surface area (Å²) in [5.74, 6) is -0.290. The Morgan fingerprint density at radius 3 is 2.26 bits per heavy atom. The van der Waals surface area contributed by atoms with Crippen molar-refractivity contribution in [3.63, 3.8) is 0 Å². The molecule has 0 N–H and O–H groups in total. The molecule has 0 spiro atoms. The lowest BCUT2D eigenvalue weighted by molar-refractivity contribution is 0.0648. The number of likely N-dealkylation sites (tertiary alicyclic amines) is 1. The van der Waals surface area contributed by atoms with Crippen molar-refractivity contribution in [1.82, 2.24) is 9.80 Å². The van der Waals surface area contributed by atoms with Crippen LogP contribution in [0.3, 0.4) is 0 Å². The highest BCUT2D eigenvalue weighted by atomic mass is 16.2. The van der Waals surface area contributed by atoms with Gasteiger partial charge in [0.2, 0.25) is 0 Å². The van der Waals surface area contributed by atoms with Crippen LogP contribution >= 0.6 is 0 Å². The van der Waals surface area contributed by atoms with Crippen LogP contribution < -0.4 is 0 Å². The van der Waals surface area contributed by atoms with E-state index in [9.17, 15) is 9.59 Å². The molecule has 4 heteroatoms. The number of rotatable bonds is 4. The maximum absolute atomic E-state index is 12.1. The average Bonchev–Trinajstić information content (AvgIpc) is 3.02. The van der Waals surface area contributed by atoms with E-state index in [-0.39, 0.29) is 11.8 Å². The lowest BCUT2D eigenvalue weighted by Crippen LogP contribution is -2.33. The number of nitrogens with zero attached hydrogens (tertiary/aromatic N) is 2. The topological polar surface area (TPSA) is 40.6 Å². The third kappa shape index (κ3) is 2.28. The summed E-state index contributed by atoms with van der Waals surface area (Å²) in [4.78, 5) is 28.0. The number of fused-ring (bicyclic) bond motifs is 1. The molecule has 0 atom stereocenters. The van der Waals surface area contributed by atoms with Crippen molar-refractivity contribution in [3.05, 3.63) is 41.8 Å². The van der Waals surface area contributed by atoms with Crippen molar-refractivity contribution in [2.75, 3.05) is 26.2 Å². The van der Waals surface area contributed by atoms with Crippen molar-refractivity contribution >= 4 is 11.8 Å². The standard InChI is InChI=1S/C15H17N2O2/c18-14-12-6-1-2-7-13(12)15(19)17(14)11-5-10-16-8-3-4-9-16/h1-3,6-7H,4-5,8-11H2. The van der Waals surface area contributed by atoms with Crippen molar-refractivity contribution in [1.29, 1.82) is 0 Å². The zero-order valence-electron chi connectivity index (χ0n) is 10.8. The molecule has 0 aromatic heterocycles. The van der Waals surface area contributed by atoms with E-state index in [1.807, 2.05) is 0 Å². The summed E-state index contributed by atoms with van der Waals surface area (Å²) in [6.07, 6.45) is 4.26. The van der Waals surface area contributed by atoms with Crippen LogP contribution in [-0.2, 0) is 0 Å². The van der Waals surface area contributed by atoms with Crippen molar-refractivity contribution in [3.8, 4) is 0 Å². The summed E-state index contributed by atoms with van der Waals surface area (Å²) in [6.45, 7) is 3.59. The van der Waals surface area contributed by atoms with Crippen LogP contribution in [0.15, 0.2) is 24.3 Å². The van der Waals surface area contributed by atoms with E-state index in [1.165, 1.54) is 4.90 Å². The van der Waals surface area contributed by atoms with Crippen molar-refractivity contribution in [2.45, 2.75) is 12.8 Å². The minimum atomic E-state index is -0.145. The van der Waals surface area contributed by atoms with Gasteiger partial charge in [-0.1, -0.05) is 12.1 Å². The first-order chi connectivity index (χ1) is 9.27. The monoisotopic (exact) mass is 257 g/mol. The number of amides is 2. The molecule has 1 radical (unpaired) electrons. The van der Waals surface area contributed by atoms with Gasteiger partial charge < -0.3 is 4.90 Å². The average molecular weight is 257 g/mol. The van der Waals surface area contributed by atoms with Crippen LogP contribution in [0.25, 0.3) is 0 Å². The molecule has 0 aliphatic carbocycles. The second-order valence-electron chi connectivity index (χ2n) is 5.04. The van der Waals surface area contributed by atoms with Gasteiger partial charge in [0.1, 0.15) is 0 Å². The fourth-order valence-corrected chi connectivity index (χ4v) is 2.74. The predicted molar refractivity (Wildman–Crippen MR) is 71.8 cm³/mol. The Hall–Kier alpha value is -1.68. The van der Waals surface area contributed by atoms with Gasteiger partial charge in [0.25, 0.3) is 11.8 Å². The van der Waals surface area contributed by atoms with Crippen LogP contribution in [0, 0.1) is 6.42 Å². The van der Waals surface area contributed by atoms with Crippen LogP contribution in [0.5, 0.6) is 0 Å². The first-order valence-electron chi connectivity index (χ1n) is 6.76. The maximum atomic E-state index is 12.1. The van der Waals surface area contributed by atoms with Gasteiger partial charge >= 0.3 is 0 Å². The predicted octanol–water partition coefficient (Wildman–Crippen LogP) is 1.58. The highest BCUT2D eigenvalue weighted by Crippen LogP contribution is 2.22. The highest BCUT2D eigenvalue weighted by Gasteiger charge is 2.34. The van der Waals surface area contributed by atoms with Gasteiger partial charge in [-0.15, -0.1) is 0 Å². The van der Waals surface area contributed by atoms with E-state index in [0.29, 0.717) is 17.7 Å². The van der Waals surface area contributed by atoms with Crippen LogP contribution in [0.1, 0.15) is 33.6 Å². The van der Waals surface area contributed by atoms with E-state index in [1.54, 1.807) is 24.3 Å². The lowest BCUT2D eigenvalue weighted by Gasteiger charge is -2.17. The number of carbonyl (C=O) groups excluding carboxylic acids is 2. The summed E-state index contributed by atoms with van der Waals surface area (Å²) in [7, 11) is 0. The quantitative estimate of drug-likeness (QED) is 0.769. The van der Waals surface area contributed by atoms with Gasteiger partial charge in [0, 0.05) is 13.1 Å². The zero-order valence-corrected chi connectivity index (χ0v) is 10.8. The van der Waals surface area contributed by atoms with E-state index < -0.39 is 0 Å². The Morgan fingerprint density at radius 1 is 1.00 bits per heavy atom. The van der Waals surface area contributed by atoms with E-state index in [4.69, 9.17) is 0 Å². The number of hydrogen-bond acceptors (Lipinski definition) is 3. The Bertz CT molecular complexity index is 472. The van der Waals surface area contributed by atoms with Gasteiger partial charge in [-0.3, -0.25) is 14.5 Å². The first-order valence-corrected chi connectivity index (χ1v) is 6.76. The third-order valence-corrected chi connectivity index (χ3v) is 3.77. The summed E-state index contributed by atoms with van der Waals surface area (Å²) in [5, 5.41) is 0. The SMILES string of the molecule is O=C1c2ccccc2C(=O)N1CCCN1C[CH]CC1. The minimum Gasteiger partial charge on any atom is -0.303 e. The van der Waals surface area contributed by atoms with Gasteiger partial charge in [-0.05, 0) is 44.5 Å². The van der Waals surface area contributed by atoms with Crippen LogP contribution in [0.2, 0.25) is 0 Å². The lowest BCUT2D eigenvalue weighted by atomic mass is 10.1. The molecule has 0 saturated carbocycles. The number of carbonyl (C=O) groups is 2. The normalized spacial score (nSPS) is 19.3. The second-order valence-corrected chi connectivity index (χ2v) is 5.04. The van der Waals surface area contributed by atoms with E-state index in [0.717, 1.165) is 32.5 Å². The summed E-state index contributed by atoms with van der Waals surface area (Å²) in [5.41, 5.74) is 1.09. The molecule has 2 aliphatic heterocycles. The number of benzene rings is 1. The van der Waals surface area contributed by atoms with Crippen molar-refractivity contribution < 1.29 is 9.59 Å². The third-order valence-electron chi connectivity index (χ3n) is 3.77. The molecule has 1 fully saturated rings. The Balaban J connectivity index is 1.60. The largest absolute Gasteiger partial charge is 0.303 e. The van der Waals surface area contributed by atoms with Gasteiger partial charge in [0.15, 0.2) is 0 Å². The minimum absolute atomic E-state index is 0.145. The van der Waals surface area contributed by atoms with Crippen LogP contribution in [-0.4, -0.2) is 47.8 Å². The maximum Gasteiger partial charge on any atom is 0.261 e. The summed E-state index contributed by atoms with van der Waals surface area (Å²) < 4.78 is 0. The van der Waals surface area contributed by atoms with E-state index in [2.05, 4.69) is 11.3 Å². The molecule has 99 valence electrons. The molecule has 4 nitrogen and oxygen atoms in total.